The van der Waals surface area contributed by atoms with Crippen LogP contribution in [0.4, 0.5) is 0 Å². The molecule has 2 heteroatoms. The zero-order valence-electron chi connectivity index (χ0n) is 17.2. The second kappa shape index (κ2) is 7.39. The quantitative estimate of drug-likeness (QED) is 0.444. The van der Waals surface area contributed by atoms with Crippen molar-refractivity contribution in [2.75, 3.05) is 5.75 Å². The summed E-state index contributed by atoms with van der Waals surface area (Å²) in [5.74, 6) is 1.65. The van der Waals surface area contributed by atoms with Gasteiger partial charge in [0.05, 0.1) is 0 Å². The third kappa shape index (κ3) is 4.45. The van der Waals surface area contributed by atoms with Gasteiger partial charge < -0.3 is 5.11 Å². The van der Waals surface area contributed by atoms with Crippen LogP contribution >= 0.6 is 12.6 Å². The maximum atomic E-state index is 11.0. The molecule has 1 unspecified atom stereocenters. The minimum atomic E-state index is -0.0861. The minimum absolute atomic E-state index is 0.0861. The van der Waals surface area contributed by atoms with E-state index in [0.717, 1.165) is 16.9 Å². The fourth-order valence-electron chi connectivity index (χ4n) is 3.97. The van der Waals surface area contributed by atoms with Crippen molar-refractivity contribution >= 4 is 12.6 Å². The van der Waals surface area contributed by atoms with Crippen molar-refractivity contribution in [1.82, 2.24) is 0 Å². The topological polar surface area (TPSA) is 20.2 Å². The number of benzene rings is 1. The van der Waals surface area contributed by atoms with Gasteiger partial charge in [0, 0.05) is 11.7 Å². The van der Waals surface area contributed by atoms with E-state index in [1.165, 1.54) is 31.2 Å². The molecule has 0 amide bonds. The van der Waals surface area contributed by atoms with Crippen molar-refractivity contribution in [2.24, 2.45) is 0 Å². The maximum Gasteiger partial charge on any atom is 0.123 e. The zero-order valence-corrected chi connectivity index (χ0v) is 18.1. The Balaban J connectivity index is 2.67. The number of aromatic hydroxyl groups is 1. The second-order valence-electron chi connectivity index (χ2n) is 9.71. The van der Waals surface area contributed by atoms with E-state index in [0.29, 0.717) is 11.7 Å². The third-order valence-electron chi connectivity index (χ3n) is 5.55. The van der Waals surface area contributed by atoms with Gasteiger partial charge in [0.15, 0.2) is 0 Å². The standard InChI is InChI=1S/C23H36OS/c1-15-10-8-9-11-17(15)18(14-25)16-12-19(22(2,3)4)21(24)20(13-16)23(5,6)7/h12-13,18,24-25H,8-11,14H2,1-7H3. The van der Waals surface area contributed by atoms with Gasteiger partial charge in [-0.2, -0.15) is 12.6 Å². The van der Waals surface area contributed by atoms with Crippen molar-refractivity contribution in [3.63, 3.8) is 0 Å². The first-order chi connectivity index (χ1) is 11.5. The van der Waals surface area contributed by atoms with E-state index in [1.807, 2.05) is 0 Å². The highest BCUT2D eigenvalue weighted by atomic mass is 32.1. The maximum absolute atomic E-state index is 11.0. The van der Waals surface area contributed by atoms with Crippen molar-refractivity contribution in [1.29, 1.82) is 0 Å². The van der Waals surface area contributed by atoms with E-state index < -0.39 is 0 Å². The molecule has 140 valence electrons. The SMILES string of the molecule is CC1=C(C(CS)c2cc(C(C)(C)C)c(O)c(C(C)(C)C)c2)CCCC1. The molecule has 2 rings (SSSR count). The Morgan fingerprint density at radius 1 is 0.960 bits per heavy atom. The van der Waals surface area contributed by atoms with E-state index in [1.54, 1.807) is 11.1 Å². The van der Waals surface area contributed by atoms with Gasteiger partial charge in [-0.05, 0) is 60.1 Å². The molecule has 1 aliphatic carbocycles. The molecule has 1 nitrogen and oxygen atoms in total. The lowest BCUT2D eigenvalue weighted by molar-refractivity contribution is 0.422. The predicted molar refractivity (Wildman–Crippen MR) is 113 cm³/mol. The molecule has 1 N–H and O–H groups in total. The molecule has 0 heterocycles. The molecule has 0 aliphatic heterocycles. The Labute approximate surface area is 160 Å². The summed E-state index contributed by atoms with van der Waals surface area (Å²) in [7, 11) is 0. The highest BCUT2D eigenvalue weighted by Crippen LogP contribution is 2.44. The summed E-state index contributed by atoms with van der Waals surface area (Å²) in [5, 5.41) is 11.0. The van der Waals surface area contributed by atoms with Gasteiger partial charge in [-0.3, -0.25) is 0 Å². The summed E-state index contributed by atoms with van der Waals surface area (Å²) in [6.45, 7) is 15.4. The molecule has 0 spiro atoms. The van der Waals surface area contributed by atoms with Crippen LogP contribution in [-0.2, 0) is 10.8 Å². The molecule has 1 aromatic rings. The minimum Gasteiger partial charge on any atom is -0.507 e. The van der Waals surface area contributed by atoms with Crippen LogP contribution in [-0.4, -0.2) is 10.9 Å². The van der Waals surface area contributed by atoms with Crippen molar-refractivity contribution in [3.05, 3.63) is 40.0 Å². The summed E-state index contributed by atoms with van der Waals surface area (Å²) >= 11 is 4.72. The summed E-state index contributed by atoms with van der Waals surface area (Å²) in [6, 6.07) is 4.47. The van der Waals surface area contributed by atoms with E-state index in [9.17, 15) is 5.11 Å². The number of phenolic OH excluding ortho intramolecular Hbond substituents is 1. The van der Waals surface area contributed by atoms with Gasteiger partial charge in [0.25, 0.3) is 0 Å². The van der Waals surface area contributed by atoms with E-state index in [2.05, 4.69) is 60.6 Å². The average Bonchev–Trinajstić information content (AvgIpc) is 2.48. The number of hydrogen-bond acceptors (Lipinski definition) is 2. The summed E-state index contributed by atoms with van der Waals surface area (Å²) < 4.78 is 0. The first kappa shape index (κ1) is 20.4. The van der Waals surface area contributed by atoms with Gasteiger partial charge in [0.1, 0.15) is 5.75 Å². The fourth-order valence-corrected chi connectivity index (χ4v) is 4.40. The molecular formula is C23H36OS. The molecule has 25 heavy (non-hydrogen) atoms. The molecule has 0 bridgehead atoms. The third-order valence-corrected chi connectivity index (χ3v) is 5.92. The predicted octanol–water partition coefficient (Wildman–Crippen LogP) is 6.89. The summed E-state index contributed by atoms with van der Waals surface area (Å²) in [5.41, 5.74) is 6.37. The first-order valence-corrected chi connectivity index (χ1v) is 10.3. The molecule has 0 aromatic heterocycles. The molecule has 0 fully saturated rings. The average molecular weight is 361 g/mol. The van der Waals surface area contributed by atoms with Gasteiger partial charge >= 0.3 is 0 Å². The van der Waals surface area contributed by atoms with Crippen LogP contribution in [0.2, 0.25) is 0 Å². The van der Waals surface area contributed by atoms with E-state index in [-0.39, 0.29) is 10.8 Å². The number of hydrogen-bond donors (Lipinski definition) is 2. The lowest BCUT2D eigenvalue weighted by atomic mass is 9.75. The van der Waals surface area contributed by atoms with Crippen LogP contribution in [0.15, 0.2) is 23.3 Å². The van der Waals surface area contributed by atoms with Crippen molar-refractivity contribution in [3.8, 4) is 5.75 Å². The van der Waals surface area contributed by atoms with Crippen LogP contribution in [0.5, 0.6) is 5.75 Å². The van der Waals surface area contributed by atoms with Crippen LogP contribution in [0.1, 0.15) is 96.8 Å². The fraction of sp³-hybridized carbons (Fsp3) is 0.652. The highest BCUT2D eigenvalue weighted by Gasteiger charge is 2.29. The van der Waals surface area contributed by atoms with E-state index in [4.69, 9.17) is 12.6 Å². The molecule has 1 atom stereocenters. The molecule has 0 saturated carbocycles. The molecule has 1 aromatic carbocycles. The van der Waals surface area contributed by atoms with Gasteiger partial charge in [-0.1, -0.05) is 64.8 Å². The smallest absolute Gasteiger partial charge is 0.123 e. The summed E-state index contributed by atoms with van der Waals surface area (Å²) in [6.07, 6.45) is 5.00. The van der Waals surface area contributed by atoms with Crippen LogP contribution in [0.3, 0.4) is 0 Å². The van der Waals surface area contributed by atoms with Crippen LogP contribution in [0.25, 0.3) is 0 Å². The molecular weight excluding hydrogens is 324 g/mol. The number of phenols is 1. The van der Waals surface area contributed by atoms with Crippen LogP contribution < -0.4 is 0 Å². The van der Waals surface area contributed by atoms with E-state index >= 15 is 0 Å². The summed E-state index contributed by atoms with van der Waals surface area (Å²) in [4.78, 5) is 0. The lowest BCUT2D eigenvalue weighted by Gasteiger charge is -2.31. The Morgan fingerprint density at radius 2 is 1.44 bits per heavy atom. The molecule has 0 radical (unpaired) electrons. The van der Waals surface area contributed by atoms with Gasteiger partial charge in [-0.15, -0.1) is 0 Å². The number of thiol groups is 1. The molecule has 1 aliphatic rings. The van der Waals surface area contributed by atoms with Gasteiger partial charge in [0.2, 0.25) is 0 Å². The zero-order chi connectivity index (χ0) is 19.0. The molecule has 0 saturated heterocycles. The highest BCUT2D eigenvalue weighted by molar-refractivity contribution is 7.80. The van der Waals surface area contributed by atoms with Crippen molar-refractivity contribution < 1.29 is 5.11 Å². The Morgan fingerprint density at radius 3 is 1.84 bits per heavy atom. The first-order valence-electron chi connectivity index (χ1n) is 9.64. The monoisotopic (exact) mass is 360 g/mol. The number of allylic oxidation sites excluding steroid dienone is 2. The number of rotatable bonds is 3. The Hall–Kier alpha value is -0.890. The second-order valence-corrected chi connectivity index (χ2v) is 10.1. The Kier molecular flexibility index (Phi) is 6.03. The van der Waals surface area contributed by atoms with Crippen molar-refractivity contribution in [2.45, 2.75) is 90.9 Å². The lowest BCUT2D eigenvalue weighted by Crippen LogP contribution is -2.19. The van der Waals surface area contributed by atoms with Crippen LogP contribution in [0, 0.1) is 0 Å². The normalized spacial score (nSPS) is 17.8. The largest absolute Gasteiger partial charge is 0.507 e. The Bertz CT molecular complexity index is 621. The van der Waals surface area contributed by atoms with Gasteiger partial charge in [-0.25, -0.2) is 0 Å².